The zero-order chi connectivity index (χ0) is 18.9. The van der Waals surface area contributed by atoms with Gasteiger partial charge in [-0.2, -0.15) is 5.10 Å². The van der Waals surface area contributed by atoms with Crippen molar-refractivity contribution in [1.29, 1.82) is 0 Å². The van der Waals surface area contributed by atoms with E-state index in [0.29, 0.717) is 18.7 Å². The maximum Gasteiger partial charge on any atom is 0.272 e. The molecule has 142 valence electrons. The Bertz CT molecular complexity index is 848. The Morgan fingerprint density at radius 3 is 2.78 bits per heavy atom. The lowest BCUT2D eigenvalue weighted by Crippen LogP contribution is -2.41. The largest absolute Gasteiger partial charge is 0.370 e. The van der Waals surface area contributed by atoms with Crippen LogP contribution in [0.25, 0.3) is 0 Å². The van der Waals surface area contributed by atoms with Gasteiger partial charge in [-0.05, 0) is 18.4 Å². The number of nitrogens with one attached hydrogen (secondary N) is 3. The van der Waals surface area contributed by atoms with E-state index in [2.05, 4.69) is 20.8 Å². The fraction of sp³-hybridized carbons (Fsp3) is 0.421. The van der Waals surface area contributed by atoms with Crippen LogP contribution in [-0.2, 0) is 29.1 Å². The average molecular weight is 372 g/mol. The summed E-state index contributed by atoms with van der Waals surface area (Å²) in [5.41, 5.74) is 1.18. The summed E-state index contributed by atoms with van der Waals surface area (Å²) in [5.74, 6) is -0.841. The fourth-order valence-corrected chi connectivity index (χ4v) is 3.11. The number of nitrogens with zero attached hydrogens (tertiary/aromatic N) is 1. The molecule has 1 fully saturated rings. The average Bonchev–Trinajstić information content (AvgIpc) is 3.31. The van der Waals surface area contributed by atoms with Gasteiger partial charge in [-0.15, -0.1) is 0 Å². The molecule has 1 atom stereocenters. The zero-order valence-electron chi connectivity index (χ0n) is 14.8. The minimum absolute atomic E-state index is 0.209. The standard InChI is InChI=1S/C19H21FN4O3/c20-19(6-7-19)18(26)22-10-13-8-14-15(11-27-13)23-24-16(14)17(25)21-9-12-4-2-1-3-5-12/h1-5,13H,6-11H2,(H,21,25)(H,22,26)(H,23,24). The number of rotatable bonds is 6. The van der Waals surface area contributed by atoms with E-state index in [0.717, 1.165) is 16.8 Å². The van der Waals surface area contributed by atoms with Gasteiger partial charge in [0, 0.05) is 25.1 Å². The van der Waals surface area contributed by atoms with Crippen molar-refractivity contribution in [2.45, 2.75) is 44.2 Å². The van der Waals surface area contributed by atoms with Gasteiger partial charge in [0.25, 0.3) is 11.8 Å². The van der Waals surface area contributed by atoms with Crippen LogP contribution in [0.2, 0.25) is 0 Å². The van der Waals surface area contributed by atoms with Gasteiger partial charge in [-0.3, -0.25) is 14.7 Å². The molecule has 1 saturated carbocycles. The predicted octanol–water partition coefficient (Wildman–Crippen LogP) is 1.40. The Balaban J connectivity index is 1.36. The van der Waals surface area contributed by atoms with E-state index in [1.54, 1.807) is 0 Å². The molecule has 8 heteroatoms. The van der Waals surface area contributed by atoms with Gasteiger partial charge in [0.1, 0.15) is 0 Å². The van der Waals surface area contributed by atoms with Crippen molar-refractivity contribution in [2.24, 2.45) is 0 Å². The van der Waals surface area contributed by atoms with Gasteiger partial charge in [0.2, 0.25) is 0 Å². The van der Waals surface area contributed by atoms with Crippen LogP contribution < -0.4 is 10.6 Å². The van der Waals surface area contributed by atoms with Crippen LogP contribution in [0.1, 0.15) is 40.2 Å². The quantitative estimate of drug-likeness (QED) is 0.714. The molecule has 2 heterocycles. The lowest BCUT2D eigenvalue weighted by atomic mass is 10.0. The van der Waals surface area contributed by atoms with E-state index in [9.17, 15) is 14.0 Å². The molecule has 1 unspecified atom stereocenters. The first kappa shape index (κ1) is 17.7. The number of hydrogen-bond acceptors (Lipinski definition) is 4. The highest BCUT2D eigenvalue weighted by Gasteiger charge is 2.50. The number of halogens is 1. The molecule has 0 bridgehead atoms. The van der Waals surface area contributed by atoms with Gasteiger partial charge in [-0.1, -0.05) is 30.3 Å². The molecule has 2 aliphatic rings. The van der Waals surface area contributed by atoms with E-state index >= 15 is 0 Å². The SMILES string of the molecule is O=C(NCc1ccccc1)c1n[nH]c2c1CC(CNC(=O)C1(F)CC1)OC2. The van der Waals surface area contributed by atoms with E-state index < -0.39 is 11.6 Å². The van der Waals surface area contributed by atoms with Gasteiger partial charge in [-0.25, -0.2) is 4.39 Å². The smallest absolute Gasteiger partial charge is 0.272 e. The molecule has 2 aromatic rings. The summed E-state index contributed by atoms with van der Waals surface area (Å²) >= 11 is 0. The third-order valence-corrected chi connectivity index (χ3v) is 4.95. The second-order valence-corrected chi connectivity index (χ2v) is 7.01. The molecule has 0 saturated heterocycles. The molecule has 3 N–H and O–H groups in total. The number of carbonyl (C=O) groups is 2. The first-order chi connectivity index (χ1) is 13.0. The molecule has 2 amide bonds. The number of aromatic nitrogens is 2. The zero-order valence-corrected chi connectivity index (χ0v) is 14.8. The number of H-pyrrole nitrogens is 1. The van der Waals surface area contributed by atoms with Gasteiger partial charge in [0.05, 0.1) is 18.4 Å². The highest BCUT2D eigenvalue weighted by molar-refractivity contribution is 5.94. The van der Waals surface area contributed by atoms with Gasteiger partial charge >= 0.3 is 0 Å². The third kappa shape index (κ3) is 3.85. The van der Waals surface area contributed by atoms with Gasteiger partial charge in [0.15, 0.2) is 11.4 Å². The maximum absolute atomic E-state index is 13.7. The first-order valence-corrected chi connectivity index (χ1v) is 9.02. The van der Waals surface area contributed by atoms with Crippen molar-refractivity contribution in [3.8, 4) is 0 Å². The fourth-order valence-electron chi connectivity index (χ4n) is 3.11. The molecule has 1 aromatic heterocycles. The number of alkyl halides is 1. The topological polar surface area (TPSA) is 96.1 Å². The Hall–Kier alpha value is -2.74. The van der Waals surface area contributed by atoms with Crippen LogP contribution in [0.5, 0.6) is 0 Å². The summed E-state index contributed by atoms with van der Waals surface area (Å²) in [6.45, 7) is 0.895. The summed E-state index contributed by atoms with van der Waals surface area (Å²) in [7, 11) is 0. The Morgan fingerprint density at radius 1 is 1.26 bits per heavy atom. The van der Waals surface area contributed by atoms with Crippen molar-refractivity contribution in [1.82, 2.24) is 20.8 Å². The monoisotopic (exact) mass is 372 g/mol. The number of amides is 2. The number of fused-ring (bicyclic) bond motifs is 1. The lowest BCUT2D eigenvalue weighted by molar-refractivity contribution is -0.128. The van der Waals surface area contributed by atoms with Crippen LogP contribution in [0.3, 0.4) is 0 Å². The first-order valence-electron chi connectivity index (χ1n) is 9.02. The number of hydrogen-bond donors (Lipinski definition) is 3. The molecule has 27 heavy (non-hydrogen) atoms. The molecular weight excluding hydrogens is 351 g/mol. The predicted molar refractivity (Wildman–Crippen MR) is 94.6 cm³/mol. The second-order valence-electron chi connectivity index (χ2n) is 7.01. The van der Waals surface area contributed by atoms with Crippen LogP contribution in [-0.4, -0.2) is 40.3 Å². The van der Waals surface area contributed by atoms with Crippen LogP contribution in [0.15, 0.2) is 30.3 Å². The highest BCUT2D eigenvalue weighted by Crippen LogP contribution is 2.39. The van der Waals surface area contributed by atoms with Crippen molar-refractivity contribution < 1.29 is 18.7 Å². The van der Waals surface area contributed by atoms with E-state index in [1.165, 1.54) is 0 Å². The normalized spacial score (nSPS) is 19.8. The maximum atomic E-state index is 13.7. The lowest BCUT2D eigenvalue weighted by Gasteiger charge is -2.23. The van der Waals surface area contributed by atoms with E-state index in [4.69, 9.17) is 4.74 Å². The number of carbonyl (C=O) groups excluding carboxylic acids is 2. The second kappa shape index (κ2) is 7.11. The molecule has 1 aliphatic heterocycles. The van der Waals surface area contributed by atoms with Crippen LogP contribution in [0.4, 0.5) is 4.39 Å². The Labute approximate surface area is 155 Å². The summed E-state index contributed by atoms with van der Waals surface area (Å²) in [6.07, 6.45) is 0.672. The van der Waals surface area contributed by atoms with Crippen molar-refractivity contribution in [3.05, 3.63) is 52.8 Å². The van der Waals surface area contributed by atoms with Crippen LogP contribution in [0, 0.1) is 0 Å². The highest BCUT2D eigenvalue weighted by atomic mass is 19.1. The van der Waals surface area contributed by atoms with Crippen molar-refractivity contribution in [2.75, 3.05) is 6.54 Å². The number of benzene rings is 1. The van der Waals surface area contributed by atoms with Crippen LogP contribution >= 0.6 is 0 Å². The Morgan fingerprint density at radius 2 is 2.04 bits per heavy atom. The van der Waals surface area contributed by atoms with Gasteiger partial charge < -0.3 is 15.4 Å². The summed E-state index contributed by atoms with van der Waals surface area (Å²) < 4.78 is 19.4. The number of ether oxygens (including phenoxy) is 1. The number of aromatic amines is 1. The molecule has 0 radical (unpaired) electrons. The third-order valence-electron chi connectivity index (χ3n) is 4.95. The minimum Gasteiger partial charge on any atom is -0.370 e. The minimum atomic E-state index is -1.70. The molecule has 1 aromatic carbocycles. The Kier molecular flexibility index (Phi) is 4.65. The molecule has 4 rings (SSSR count). The molecule has 0 spiro atoms. The summed E-state index contributed by atoms with van der Waals surface area (Å²) in [4.78, 5) is 24.2. The molecule has 7 nitrogen and oxygen atoms in total. The summed E-state index contributed by atoms with van der Waals surface area (Å²) in [5, 5.41) is 12.4. The summed E-state index contributed by atoms with van der Waals surface area (Å²) in [6, 6.07) is 9.62. The van der Waals surface area contributed by atoms with E-state index in [1.807, 2.05) is 30.3 Å². The molecule has 1 aliphatic carbocycles. The van der Waals surface area contributed by atoms with Crippen molar-refractivity contribution >= 4 is 11.8 Å². The van der Waals surface area contributed by atoms with Crippen molar-refractivity contribution in [3.63, 3.8) is 0 Å². The van der Waals surface area contributed by atoms with E-state index in [-0.39, 0.29) is 38.0 Å². The molecular formula is C19H21FN4O3.